The van der Waals surface area contributed by atoms with Crippen LogP contribution in [0.5, 0.6) is 5.75 Å². The second-order valence-corrected chi connectivity index (χ2v) is 3.11. The molecule has 1 amide bonds. The molecule has 3 N–H and O–H groups in total. The zero-order chi connectivity index (χ0) is 10.6. The third-order valence-corrected chi connectivity index (χ3v) is 1.67. The Morgan fingerprint density at radius 1 is 1.57 bits per heavy atom. The summed E-state index contributed by atoms with van der Waals surface area (Å²) in [4.78, 5) is 11.4. The lowest BCUT2D eigenvalue weighted by Crippen LogP contribution is -2.30. The molecule has 14 heavy (non-hydrogen) atoms. The quantitative estimate of drug-likeness (QED) is 0.658. The minimum absolute atomic E-state index is 0.0506. The average Bonchev–Trinajstić information content (AvgIpc) is 2.14. The van der Waals surface area contributed by atoms with Crippen LogP contribution < -0.4 is 5.32 Å². The van der Waals surface area contributed by atoms with Gasteiger partial charge in [0.25, 0.3) is 5.91 Å². The number of carbonyl (C=O) groups excluding carboxylic acids is 1. The molecule has 0 radical (unpaired) electrons. The van der Waals surface area contributed by atoms with Crippen molar-refractivity contribution < 1.29 is 15.0 Å². The van der Waals surface area contributed by atoms with Crippen LogP contribution in [0.1, 0.15) is 17.3 Å². The molecule has 4 heteroatoms. The maximum Gasteiger partial charge on any atom is 0.251 e. The topological polar surface area (TPSA) is 69.6 Å². The van der Waals surface area contributed by atoms with Crippen molar-refractivity contribution in [3.05, 3.63) is 29.8 Å². The van der Waals surface area contributed by atoms with Crippen molar-refractivity contribution in [1.82, 2.24) is 5.32 Å². The Kier molecular flexibility index (Phi) is 3.48. The minimum atomic E-state index is -0.573. The van der Waals surface area contributed by atoms with Gasteiger partial charge in [0.05, 0.1) is 6.10 Å². The number of amides is 1. The van der Waals surface area contributed by atoms with Crippen LogP contribution in [0, 0.1) is 0 Å². The number of nitrogens with one attached hydrogen (secondary N) is 1. The molecular formula is C10H13NO3. The average molecular weight is 195 g/mol. The van der Waals surface area contributed by atoms with Crippen LogP contribution in [0.15, 0.2) is 24.3 Å². The predicted molar refractivity (Wildman–Crippen MR) is 52.1 cm³/mol. The first-order chi connectivity index (χ1) is 6.59. The van der Waals surface area contributed by atoms with Crippen molar-refractivity contribution in [2.75, 3.05) is 6.54 Å². The Bertz CT molecular complexity index is 323. The van der Waals surface area contributed by atoms with Crippen LogP contribution in [0.4, 0.5) is 0 Å². The lowest BCUT2D eigenvalue weighted by Gasteiger charge is -2.06. The number of benzene rings is 1. The number of hydrogen-bond acceptors (Lipinski definition) is 3. The maximum atomic E-state index is 11.4. The van der Waals surface area contributed by atoms with E-state index in [1.165, 1.54) is 12.1 Å². The summed E-state index contributed by atoms with van der Waals surface area (Å²) in [6.45, 7) is 1.79. The number of hydrogen-bond donors (Lipinski definition) is 3. The fourth-order valence-corrected chi connectivity index (χ4v) is 0.990. The fourth-order valence-electron chi connectivity index (χ4n) is 0.990. The normalized spacial score (nSPS) is 12.1. The highest BCUT2D eigenvalue weighted by Crippen LogP contribution is 2.10. The van der Waals surface area contributed by atoms with E-state index in [2.05, 4.69) is 5.32 Å². The third-order valence-electron chi connectivity index (χ3n) is 1.67. The second kappa shape index (κ2) is 4.62. The molecule has 1 atom stereocenters. The van der Waals surface area contributed by atoms with E-state index in [0.29, 0.717) is 5.56 Å². The van der Waals surface area contributed by atoms with Gasteiger partial charge in [0.15, 0.2) is 0 Å². The monoisotopic (exact) mass is 195 g/mol. The van der Waals surface area contributed by atoms with E-state index in [-0.39, 0.29) is 18.2 Å². The van der Waals surface area contributed by atoms with Crippen molar-refractivity contribution in [3.8, 4) is 5.75 Å². The van der Waals surface area contributed by atoms with Crippen LogP contribution in [-0.2, 0) is 0 Å². The van der Waals surface area contributed by atoms with Crippen molar-refractivity contribution in [2.24, 2.45) is 0 Å². The molecule has 0 unspecified atom stereocenters. The first-order valence-electron chi connectivity index (χ1n) is 4.35. The highest BCUT2D eigenvalue weighted by molar-refractivity contribution is 5.94. The van der Waals surface area contributed by atoms with Gasteiger partial charge < -0.3 is 15.5 Å². The fraction of sp³-hybridized carbons (Fsp3) is 0.300. The molecule has 0 aliphatic heterocycles. The zero-order valence-corrected chi connectivity index (χ0v) is 7.90. The lowest BCUT2D eigenvalue weighted by atomic mass is 10.2. The molecule has 1 aromatic carbocycles. The number of rotatable bonds is 3. The van der Waals surface area contributed by atoms with Gasteiger partial charge in [0.2, 0.25) is 0 Å². The first kappa shape index (κ1) is 10.5. The minimum Gasteiger partial charge on any atom is -0.508 e. The molecule has 76 valence electrons. The number of phenols is 1. The summed E-state index contributed by atoms with van der Waals surface area (Å²) >= 11 is 0. The van der Waals surface area contributed by atoms with Crippen LogP contribution in [-0.4, -0.2) is 28.8 Å². The lowest BCUT2D eigenvalue weighted by molar-refractivity contribution is 0.0923. The van der Waals surface area contributed by atoms with E-state index < -0.39 is 6.10 Å². The number of aliphatic hydroxyl groups is 1. The van der Waals surface area contributed by atoms with E-state index in [1.54, 1.807) is 19.1 Å². The van der Waals surface area contributed by atoms with E-state index >= 15 is 0 Å². The predicted octanol–water partition coefficient (Wildman–Crippen LogP) is 0.503. The highest BCUT2D eigenvalue weighted by atomic mass is 16.3. The highest BCUT2D eigenvalue weighted by Gasteiger charge is 2.06. The summed E-state index contributed by atoms with van der Waals surface area (Å²) < 4.78 is 0. The molecule has 0 bridgehead atoms. The molecule has 1 rings (SSSR count). The van der Waals surface area contributed by atoms with Gasteiger partial charge in [-0.05, 0) is 25.1 Å². The second-order valence-electron chi connectivity index (χ2n) is 3.11. The van der Waals surface area contributed by atoms with E-state index in [1.807, 2.05) is 0 Å². The van der Waals surface area contributed by atoms with Gasteiger partial charge in [-0.2, -0.15) is 0 Å². The van der Waals surface area contributed by atoms with Crippen molar-refractivity contribution in [1.29, 1.82) is 0 Å². The van der Waals surface area contributed by atoms with Crippen LogP contribution in [0.2, 0.25) is 0 Å². The molecule has 0 saturated carbocycles. The molecule has 4 nitrogen and oxygen atoms in total. The molecular weight excluding hydrogens is 182 g/mol. The number of aliphatic hydroxyl groups excluding tert-OH is 1. The Morgan fingerprint density at radius 2 is 2.29 bits per heavy atom. The van der Waals surface area contributed by atoms with Gasteiger partial charge in [0, 0.05) is 12.1 Å². The molecule has 0 aliphatic carbocycles. The molecule has 0 aliphatic rings. The summed E-state index contributed by atoms with van der Waals surface area (Å²) in [7, 11) is 0. The smallest absolute Gasteiger partial charge is 0.251 e. The van der Waals surface area contributed by atoms with Crippen LogP contribution in [0.3, 0.4) is 0 Å². The van der Waals surface area contributed by atoms with E-state index in [0.717, 1.165) is 0 Å². The molecule has 0 saturated heterocycles. The van der Waals surface area contributed by atoms with Gasteiger partial charge in [0.1, 0.15) is 5.75 Å². The summed E-state index contributed by atoms with van der Waals surface area (Å²) in [6, 6.07) is 6.05. The zero-order valence-electron chi connectivity index (χ0n) is 7.90. The Hall–Kier alpha value is -1.55. The van der Waals surface area contributed by atoms with E-state index in [9.17, 15) is 4.79 Å². The molecule has 1 aromatic rings. The molecule has 0 heterocycles. The first-order valence-corrected chi connectivity index (χ1v) is 4.35. The SMILES string of the molecule is C[C@@H](O)CNC(=O)c1cccc(O)c1. The van der Waals surface area contributed by atoms with Gasteiger partial charge in [-0.3, -0.25) is 4.79 Å². The number of aromatic hydroxyl groups is 1. The Labute approximate surface area is 82.2 Å². The van der Waals surface area contributed by atoms with Crippen molar-refractivity contribution in [3.63, 3.8) is 0 Å². The summed E-state index contributed by atoms with van der Waals surface area (Å²) in [5.41, 5.74) is 0.380. The number of carbonyl (C=O) groups is 1. The summed E-state index contributed by atoms with van der Waals surface area (Å²) in [6.07, 6.45) is -0.573. The van der Waals surface area contributed by atoms with Gasteiger partial charge in [-0.1, -0.05) is 6.07 Å². The van der Waals surface area contributed by atoms with Gasteiger partial charge in [-0.15, -0.1) is 0 Å². The van der Waals surface area contributed by atoms with Gasteiger partial charge in [-0.25, -0.2) is 0 Å². The maximum absolute atomic E-state index is 11.4. The molecule has 0 spiro atoms. The van der Waals surface area contributed by atoms with E-state index in [4.69, 9.17) is 10.2 Å². The molecule has 0 aromatic heterocycles. The third kappa shape index (κ3) is 3.06. The largest absolute Gasteiger partial charge is 0.508 e. The number of phenolic OH excluding ortho intramolecular Hbond substituents is 1. The van der Waals surface area contributed by atoms with Crippen LogP contribution in [0.25, 0.3) is 0 Å². The van der Waals surface area contributed by atoms with Crippen molar-refractivity contribution in [2.45, 2.75) is 13.0 Å². The Balaban J connectivity index is 2.61. The summed E-state index contributed by atoms with van der Waals surface area (Å²) in [5, 5.41) is 20.6. The summed E-state index contributed by atoms with van der Waals surface area (Å²) in [5.74, 6) is -0.253. The molecule has 0 fully saturated rings. The van der Waals surface area contributed by atoms with Crippen molar-refractivity contribution >= 4 is 5.91 Å². The van der Waals surface area contributed by atoms with Crippen LogP contribution >= 0.6 is 0 Å². The standard InChI is InChI=1S/C10H13NO3/c1-7(12)6-11-10(14)8-3-2-4-9(13)5-8/h2-5,7,12-13H,6H2,1H3,(H,11,14)/t7-/m1/s1. The van der Waals surface area contributed by atoms with Gasteiger partial charge >= 0.3 is 0 Å². The Morgan fingerprint density at radius 3 is 2.86 bits per heavy atom.